The van der Waals surface area contributed by atoms with E-state index in [1.165, 1.54) is 0 Å². The fraction of sp³-hybridized carbons (Fsp3) is 0.812. The summed E-state index contributed by atoms with van der Waals surface area (Å²) < 4.78 is 6.63. The molecule has 3 N–H and O–H groups in total. The van der Waals surface area contributed by atoms with Crippen LogP contribution in [0.15, 0.2) is 6.20 Å². The van der Waals surface area contributed by atoms with Crippen molar-refractivity contribution in [2.75, 3.05) is 7.11 Å². The molecule has 1 fully saturated rings. The Morgan fingerprint density at radius 2 is 2.12 bits per heavy atom. The molecule has 24 heavy (non-hydrogen) atoms. The minimum atomic E-state index is -0.971. The lowest BCUT2D eigenvalue weighted by atomic mass is 9.92. The molecule has 136 valence electrons. The zero-order valence-corrected chi connectivity index (χ0v) is 14.8. The molecule has 0 spiro atoms. The molecule has 0 bridgehead atoms. The molecule has 8 heteroatoms. The number of hydrogen-bond donors (Lipinski definition) is 3. The van der Waals surface area contributed by atoms with Crippen molar-refractivity contribution < 1.29 is 19.7 Å². The highest BCUT2D eigenvalue weighted by molar-refractivity contribution is 5.77. The molecule has 2 rings (SSSR count). The quantitative estimate of drug-likeness (QED) is 0.677. The molecule has 0 radical (unpaired) electrons. The summed E-state index contributed by atoms with van der Waals surface area (Å²) in [5.74, 6) is -0.306. The van der Waals surface area contributed by atoms with Gasteiger partial charge in [-0.25, -0.2) is 0 Å². The van der Waals surface area contributed by atoms with Gasteiger partial charge < -0.3 is 20.3 Å². The molecule has 1 heterocycles. The van der Waals surface area contributed by atoms with E-state index in [4.69, 9.17) is 4.74 Å². The Hall–Kier alpha value is -1.51. The molecule has 0 unspecified atom stereocenters. The van der Waals surface area contributed by atoms with Gasteiger partial charge >= 0.3 is 0 Å². The lowest BCUT2D eigenvalue weighted by Crippen LogP contribution is -2.43. The number of carbonyl (C=O) groups is 1. The summed E-state index contributed by atoms with van der Waals surface area (Å²) in [7, 11) is 1.58. The third kappa shape index (κ3) is 4.99. The fourth-order valence-corrected chi connectivity index (χ4v) is 3.07. The van der Waals surface area contributed by atoms with E-state index in [1.54, 1.807) is 18.0 Å². The van der Waals surface area contributed by atoms with E-state index in [0.717, 1.165) is 0 Å². The van der Waals surface area contributed by atoms with E-state index in [-0.39, 0.29) is 17.2 Å². The van der Waals surface area contributed by atoms with Crippen molar-refractivity contribution in [3.63, 3.8) is 0 Å². The van der Waals surface area contributed by atoms with Crippen molar-refractivity contribution in [1.29, 1.82) is 0 Å². The van der Waals surface area contributed by atoms with Crippen molar-refractivity contribution in [3.05, 3.63) is 11.9 Å². The Morgan fingerprint density at radius 3 is 2.75 bits per heavy atom. The van der Waals surface area contributed by atoms with Gasteiger partial charge in [-0.3, -0.25) is 9.48 Å². The Morgan fingerprint density at radius 1 is 1.42 bits per heavy atom. The molecule has 0 aromatic carbocycles. The van der Waals surface area contributed by atoms with E-state index >= 15 is 0 Å². The van der Waals surface area contributed by atoms with Crippen LogP contribution < -0.4 is 5.32 Å². The second-order valence-corrected chi connectivity index (χ2v) is 7.75. The number of aliphatic hydroxyl groups excluding tert-OH is 2. The Balaban J connectivity index is 1.92. The molecule has 0 aliphatic heterocycles. The van der Waals surface area contributed by atoms with Crippen LogP contribution in [0, 0.1) is 11.3 Å². The van der Waals surface area contributed by atoms with Gasteiger partial charge in [0.15, 0.2) is 0 Å². The number of rotatable bonds is 6. The zero-order valence-electron chi connectivity index (χ0n) is 14.8. The number of nitrogens with one attached hydrogen (secondary N) is 1. The van der Waals surface area contributed by atoms with E-state index in [1.807, 2.05) is 20.8 Å². The molecule has 1 aliphatic carbocycles. The standard InChI is InChI=1S/C16H28N4O4/c1-16(2,3)6-13(21)17-12-5-10(14(22)15(12)23)7-20-8-11(9-24-4)18-19-20/h8,10,12,14-15,22-23H,5-7,9H2,1-4H3,(H,17,21)/t10-,12-,14-,15+/m1/s1. The summed E-state index contributed by atoms with van der Waals surface area (Å²) >= 11 is 0. The maximum Gasteiger partial charge on any atom is 0.220 e. The lowest BCUT2D eigenvalue weighted by molar-refractivity contribution is -0.124. The summed E-state index contributed by atoms with van der Waals surface area (Å²) in [6, 6.07) is -0.443. The van der Waals surface area contributed by atoms with Crippen LogP contribution in [0.3, 0.4) is 0 Å². The van der Waals surface area contributed by atoms with Crippen molar-refractivity contribution in [3.8, 4) is 0 Å². The van der Waals surface area contributed by atoms with E-state index in [2.05, 4.69) is 15.6 Å². The number of nitrogens with zero attached hydrogens (tertiary/aromatic N) is 3. The van der Waals surface area contributed by atoms with Crippen LogP contribution >= 0.6 is 0 Å². The maximum atomic E-state index is 12.1. The number of amides is 1. The molecule has 1 aromatic rings. The van der Waals surface area contributed by atoms with Crippen LogP contribution in [0.2, 0.25) is 0 Å². The van der Waals surface area contributed by atoms with E-state index in [0.29, 0.717) is 31.7 Å². The second kappa shape index (κ2) is 7.58. The molecule has 0 saturated heterocycles. The lowest BCUT2D eigenvalue weighted by Gasteiger charge is -2.22. The van der Waals surface area contributed by atoms with Gasteiger partial charge in [-0.05, 0) is 11.8 Å². The average Bonchev–Trinajstić information content (AvgIpc) is 2.99. The Kier molecular flexibility index (Phi) is 5.95. The normalized spacial score (nSPS) is 27.4. The SMILES string of the molecule is COCc1cn(C[C@H]2C[C@@H](NC(=O)CC(C)(C)C)[C@H](O)[C@@H]2O)nn1. The first-order chi connectivity index (χ1) is 11.2. The van der Waals surface area contributed by atoms with Crippen molar-refractivity contribution >= 4 is 5.91 Å². The first-order valence-electron chi connectivity index (χ1n) is 8.23. The predicted octanol–water partition coefficient (Wildman–Crippen LogP) is 0.0872. The van der Waals surface area contributed by atoms with Gasteiger partial charge in [0.05, 0.1) is 24.9 Å². The van der Waals surface area contributed by atoms with Gasteiger partial charge in [0.25, 0.3) is 0 Å². The first kappa shape index (κ1) is 18.8. The average molecular weight is 340 g/mol. The summed E-state index contributed by atoms with van der Waals surface area (Å²) in [6.45, 7) is 6.76. The molecule has 8 nitrogen and oxygen atoms in total. The third-order valence-electron chi connectivity index (χ3n) is 4.14. The number of aromatic nitrogens is 3. The minimum absolute atomic E-state index is 0.109. The molecule has 1 aromatic heterocycles. The smallest absolute Gasteiger partial charge is 0.220 e. The van der Waals surface area contributed by atoms with Crippen molar-refractivity contribution in [2.45, 2.75) is 65.0 Å². The van der Waals surface area contributed by atoms with Gasteiger partial charge in [0.2, 0.25) is 5.91 Å². The number of carbonyl (C=O) groups excluding carboxylic acids is 1. The highest BCUT2D eigenvalue weighted by Crippen LogP contribution is 2.29. The van der Waals surface area contributed by atoms with Crippen LogP contribution in [0.4, 0.5) is 0 Å². The third-order valence-corrected chi connectivity index (χ3v) is 4.14. The highest BCUT2D eigenvalue weighted by Gasteiger charge is 2.42. The monoisotopic (exact) mass is 340 g/mol. The van der Waals surface area contributed by atoms with E-state index < -0.39 is 18.2 Å². The van der Waals surface area contributed by atoms with Gasteiger partial charge in [-0.15, -0.1) is 5.10 Å². The highest BCUT2D eigenvalue weighted by atomic mass is 16.5. The first-order valence-corrected chi connectivity index (χ1v) is 8.23. The van der Waals surface area contributed by atoms with Crippen molar-refractivity contribution in [1.82, 2.24) is 20.3 Å². The minimum Gasteiger partial charge on any atom is -0.390 e. The van der Waals surface area contributed by atoms with Crippen LogP contribution in [0.1, 0.15) is 39.3 Å². The van der Waals surface area contributed by atoms with Gasteiger partial charge in [0.1, 0.15) is 11.8 Å². The van der Waals surface area contributed by atoms with Crippen LogP contribution in [0.5, 0.6) is 0 Å². The molecule has 1 saturated carbocycles. The Bertz CT molecular complexity index is 555. The van der Waals surface area contributed by atoms with Gasteiger partial charge in [-0.2, -0.15) is 0 Å². The number of aliphatic hydroxyl groups is 2. The Labute approximate surface area is 142 Å². The molecule has 4 atom stereocenters. The van der Waals surface area contributed by atoms with Gasteiger partial charge in [0, 0.05) is 26.0 Å². The molecule has 1 amide bonds. The second-order valence-electron chi connectivity index (χ2n) is 7.75. The van der Waals surface area contributed by atoms with Gasteiger partial charge in [-0.1, -0.05) is 26.0 Å². The van der Waals surface area contributed by atoms with E-state index in [9.17, 15) is 15.0 Å². The van der Waals surface area contributed by atoms with Crippen LogP contribution in [0.25, 0.3) is 0 Å². The number of hydrogen-bond acceptors (Lipinski definition) is 6. The van der Waals surface area contributed by atoms with Crippen molar-refractivity contribution in [2.24, 2.45) is 11.3 Å². The topological polar surface area (TPSA) is 110 Å². The summed E-state index contributed by atoms with van der Waals surface area (Å²) in [4.78, 5) is 12.1. The maximum absolute atomic E-state index is 12.1. The number of methoxy groups -OCH3 is 1. The van der Waals surface area contributed by atoms with Crippen LogP contribution in [-0.2, 0) is 22.7 Å². The van der Waals surface area contributed by atoms with Crippen LogP contribution in [-0.4, -0.2) is 56.5 Å². The molecular formula is C16H28N4O4. The molecule has 1 aliphatic rings. The number of ether oxygens (including phenoxy) is 1. The fourth-order valence-electron chi connectivity index (χ4n) is 3.07. The summed E-state index contributed by atoms with van der Waals surface area (Å²) in [6.07, 6.45) is 0.757. The zero-order chi connectivity index (χ0) is 17.9. The predicted molar refractivity (Wildman–Crippen MR) is 86.9 cm³/mol. The molecular weight excluding hydrogens is 312 g/mol. The summed E-state index contributed by atoms with van der Waals surface area (Å²) in [5.41, 5.74) is 0.588. The largest absolute Gasteiger partial charge is 0.390 e. The summed E-state index contributed by atoms with van der Waals surface area (Å²) in [5, 5.41) is 31.3.